The fourth-order valence-corrected chi connectivity index (χ4v) is 14.6. The van der Waals surface area contributed by atoms with Gasteiger partial charge in [-0.3, -0.25) is 4.98 Å². The normalized spacial score (nSPS) is 12.0. The predicted octanol–water partition coefficient (Wildman–Crippen LogP) is 21.8. The Morgan fingerprint density at radius 3 is 1.38 bits per heavy atom. The Morgan fingerprint density at radius 2 is 0.725 bits per heavy atom. The Kier molecular flexibility index (Phi) is 9.92. The van der Waals surface area contributed by atoms with E-state index in [2.05, 4.69) is 284 Å². The van der Waals surface area contributed by atoms with Crippen LogP contribution in [0.25, 0.3) is 168 Å². The second-order valence-corrected chi connectivity index (χ2v) is 22.4. The van der Waals surface area contributed by atoms with Crippen molar-refractivity contribution >= 4 is 118 Å². The maximum Gasteiger partial charge on any atom is 0.0708 e. The molecule has 0 unspecified atom stereocenters. The molecule has 3 heterocycles. The quantitative estimate of drug-likeness (QED) is 0.152. The highest BCUT2D eigenvalue weighted by atomic mass is 32.1. The first-order valence-corrected chi connectivity index (χ1v) is 28.3. The molecule has 370 valence electrons. The minimum absolute atomic E-state index is 0.950. The Hall–Kier alpha value is -10.2. The predicted molar refractivity (Wildman–Crippen MR) is 344 cm³/mol. The summed E-state index contributed by atoms with van der Waals surface area (Å²) in [7, 11) is 0. The molecule has 0 aliphatic rings. The van der Waals surface area contributed by atoms with Crippen LogP contribution in [0.2, 0.25) is 0 Å². The van der Waals surface area contributed by atoms with Gasteiger partial charge >= 0.3 is 0 Å². The summed E-state index contributed by atoms with van der Waals surface area (Å²) in [5.74, 6) is 0. The molecule has 80 heavy (non-hydrogen) atoms. The zero-order valence-corrected chi connectivity index (χ0v) is 44.2. The number of nitrogens with zero attached hydrogens (tertiary/aromatic N) is 2. The second-order valence-electron chi connectivity index (χ2n) is 21.3. The molecule has 0 atom stereocenters. The van der Waals surface area contributed by atoms with Gasteiger partial charge in [0.25, 0.3) is 0 Å². The van der Waals surface area contributed by atoms with E-state index in [0.717, 1.165) is 39.2 Å². The van der Waals surface area contributed by atoms with Crippen LogP contribution in [-0.2, 0) is 0 Å². The molecular weight excluding hydrogens is 985 g/mol. The first-order valence-electron chi connectivity index (χ1n) is 27.5. The van der Waals surface area contributed by atoms with E-state index in [-0.39, 0.29) is 0 Å². The topological polar surface area (TPSA) is 17.8 Å². The van der Waals surface area contributed by atoms with Gasteiger partial charge in [-0.15, -0.1) is 11.3 Å². The molecule has 0 bridgehead atoms. The lowest BCUT2D eigenvalue weighted by Crippen LogP contribution is -1.96. The van der Waals surface area contributed by atoms with Crippen molar-refractivity contribution in [3.05, 3.63) is 279 Å². The molecule has 0 saturated heterocycles. The van der Waals surface area contributed by atoms with Gasteiger partial charge in [0.05, 0.1) is 16.7 Å². The summed E-state index contributed by atoms with van der Waals surface area (Å²) in [5, 5.41) is 20.0. The third-order valence-electron chi connectivity index (χ3n) is 17.0. The maximum absolute atomic E-state index is 5.22. The number of benzene rings is 14. The number of hydrogen-bond acceptors (Lipinski definition) is 2. The fourth-order valence-electron chi connectivity index (χ4n) is 13.3. The zero-order chi connectivity index (χ0) is 52.4. The van der Waals surface area contributed by atoms with E-state index >= 15 is 0 Å². The van der Waals surface area contributed by atoms with Gasteiger partial charge in [-0.1, -0.05) is 206 Å². The molecule has 2 nitrogen and oxygen atoms in total. The van der Waals surface area contributed by atoms with Crippen LogP contribution in [-0.4, -0.2) is 9.55 Å². The molecule has 3 aromatic heterocycles. The molecule has 14 aromatic carbocycles. The molecule has 0 aliphatic carbocycles. The van der Waals surface area contributed by atoms with Crippen LogP contribution < -0.4 is 0 Å². The summed E-state index contributed by atoms with van der Waals surface area (Å²) >= 11 is 1.88. The lowest BCUT2D eigenvalue weighted by molar-refractivity contribution is 1.18. The van der Waals surface area contributed by atoms with Gasteiger partial charge in [0.1, 0.15) is 0 Å². The molecule has 0 fully saturated rings. The highest BCUT2D eigenvalue weighted by Gasteiger charge is 2.20. The molecule has 17 aromatic rings. The Morgan fingerprint density at radius 1 is 0.250 bits per heavy atom. The van der Waals surface area contributed by atoms with Gasteiger partial charge in [0.15, 0.2) is 0 Å². The number of rotatable bonds is 6. The minimum Gasteiger partial charge on any atom is -0.309 e. The summed E-state index contributed by atoms with van der Waals surface area (Å²) in [6.07, 6.45) is 2.08. The summed E-state index contributed by atoms with van der Waals surface area (Å²) in [6, 6.07) is 101. The Bertz CT molecular complexity index is 5320. The van der Waals surface area contributed by atoms with E-state index in [1.54, 1.807) is 0 Å². The second kappa shape index (κ2) is 17.7. The van der Waals surface area contributed by atoms with Crippen molar-refractivity contribution in [2.24, 2.45) is 0 Å². The molecule has 3 heteroatoms. The van der Waals surface area contributed by atoms with Gasteiger partial charge in [0.2, 0.25) is 0 Å². The van der Waals surface area contributed by atoms with Crippen molar-refractivity contribution < 1.29 is 0 Å². The number of pyridine rings is 1. The zero-order valence-electron chi connectivity index (χ0n) is 43.4. The summed E-state index contributed by atoms with van der Waals surface area (Å²) in [5.41, 5.74) is 14.8. The van der Waals surface area contributed by atoms with Crippen molar-refractivity contribution in [1.82, 2.24) is 9.55 Å². The SMILES string of the molecule is c1cc(-c2cc(-c3ccc(-n4c5ccccc5c5ccccc54)cc3-c3ccc4c5ccccc5c5ccccc5c4c3)cc(-c3cccc4c3sc3ccccc34)c2)cc(-c2cc3c4ccccc4c4ccccc4c3cn2)c1. The van der Waals surface area contributed by atoms with Crippen LogP contribution in [0, 0.1) is 0 Å². The van der Waals surface area contributed by atoms with Crippen LogP contribution in [0.1, 0.15) is 0 Å². The van der Waals surface area contributed by atoms with E-state index in [9.17, 15) is 0 Å². The highest BCUT2D eigenvalue weighted by molar-refractivity contribution is 7.26. The van der Waals surface area contributed by atoms with Gasteiger partial charge in [-0.2, -0.15) is 0 Å². The van der Waals surface area contributed by atoms with Crippen LogP contribution in [0.3, 0.4) is 0 Å². The van der Waals surface area contributed by atoms with E-state index in [4.69, 9.17) is 4.98 Å². The lowest BCUT2D eigenvalue weighted by Gasteiger charge is -2.18. The molecule has 17 rings (SSSR count). The summed E-state index contributed by atoms with van der Waals surface area (Å²) in [4.78, 5) is 5.22. The Labute approximate surface area is 465 Å². The van der Waals surface area contributed by atoms with Gasteiger partial charge < -0.3 is 4.57 Å². The van der Waals surface area contributed by atoms with Crippen LogP contribution in [0.4, 0.5) is 0 Å². The maximum atomic E-state index is 5.22. The standard InChI is InChI=1S/C77H46N2S/c1-2-23-60-56(19-1)57-20-3-6-24-61(57)70-43-48(35-37-64(60)70)69-44-53(79-74-32-12-9-27-65(74)66-28-10-13-33-75(66)79)36-38-54(69)51-40-50(41-52(42-51)55-30-16-31-68-67-29-11-14-34-76(67)80-77(55)68)47-17-15-18-49(39-47)73-45-71-62-25-7-4-21-58(62)59-22-5-8-26-63(59)72(71)46-78-73/h1-46H. The smallest absolute Gasteiger partial charge is 0.0708 e. The fraction of sp³-hybridized carbons (Fsp3) is 0. The van der Waals surface area contributed by atoms with Crippen LogP contribution in [0.5, 0.6) is 0 Å². The molecular formula is C77H46N2S. The average Bonchev–Trinajstić information content (AvgIpc) is 4.13. The van der Waals surface area contributed by atoms with Crippen LogP contribution >= 0.6 is 11.3 Å². The summed E-state index contributed by atoms with van der Waals surface area (Å²) < 4.78 is 5.03. The number of para-hydroxylation sites is 2. The van der Waals surface area contributed by atoms with Crippen molar-refractivity contribution in [3.8, 4) is 61.5 Å². The number of fused-ring (bicyclic) bond motifs is 18. The van der Waals surface area contributed by atoms with Gasteiger partial charge in [-0.25, -0.2) is 0 Å². The first kappa shape index (κ1) is 44.9. The molecule has 0 amide bonds. The van der Waals surface area contributed by atoms with E-state index in [1.165, 1.54) is 129 Å². The van der Waals surface area contributed by atoms with Crippen molar-refractivity contribution in [2.75, 3.05) is 0 Å². The summed E-state index contributed by atoms with van der Waals surface area (Å²) in [6.45, 7) is 0. The third-order valence-corrected chi connectivity index (χ3v) is 18.2. The average molecular weight is 1030 g/mol. The number of hydrogen-bond donors (Lipinski definition) is 0. The number of thiophene rings is 1. The number of aromatic nitrogens is 2. The van der Waals surface area contributed by atoms with Crippen molar-refractivity contribution in [1.29, 1.82) is 0 Å². The highest BCUT2D eigenvalue weighted by Crippen LogP contribution is 2.46. The molecule has 0 radical (unpaired) electrons. The molecule has 0 saturated carbocycles. The minimum atomic E-state index is 0.950. The van der Waals surface area contributed by atoms with E-state index in [1.807, 2.05) is 11.3 Å². The van der Waals surface area contributed by atoms with Crippen LogP contribution in [0.15, 0.2) is 279 Å². The molecule has 0 spiro atoms. The lowest BCUT2D eigenvalue weighted by atomic mass is 9.87. The van der Waals surface area contributed by atoms with E-state index in [0.29, 0.717) is 0 Å². The van der Waals surface area contributed by atoms with E-state index < -0.39 is 0 Å². The molecule has 0 aliphatic heterocycles. The largest absolute Gasteiger partial charge is 0.309 e. The van der Waals surface area contributed by atoms with Crippen molar-refractivity contribution in [2.45, 2.75) is 0 Å². The Balaban J connectivity index is 0.917. The first-order chi connectivity index (χ1) is 39.7. The van der Waals surface area contributed by atoms with Crippen molar-refractivity contribution in [3.63, 3.8) is 0 Å². The third kappa shape index (κ3) is 6.88. The van der Waals surface area contributed by atoms with Gasteiger partial charge in [0, 0.05) is 53.8 Å². The monoisotopic (exact) mass is 1030 g/mol. The molecule has 0 N–H and O–H groups in total. The van der Waals surface area contributed by atoms with Gasteiger partial charge in [-0.05, 0) is 170 Å².